The number of carbonyl (C=O) groups is 3. The minimum Gasteiger partial charge on any atom is -0.461 e. The first-order chi connectivity index (χ1) is 12.8. The van der Waals surface area contributed by atoms with Gasteiger partial charge in [-0.3, -0.25) is 9.59 Å². The number of carbonyl (C=O) groups excluding carboxylic acids is 3. The van der Waals surface area contributed by atoms with Crippen molar-refractivity contribution in [2.75, 3.05) is 19.7 Å². The Hall–Kier alpha value is -2.11. The van der Waals surface area contributed by atoms with Crippen molar-refractivity contribution >= 4 is 17.7 Å². The van der Waals surface area contributed by atoms with Gasteiger partial charge < -0.3 is 14.2 Å². The van der Waals surface area contributed by atoms with E-state index in [1.165, 1.54) is 0 Å². The molecule has 2 rings (SSSR count). The summed E-state index contributed by atoms with van der Waals surface area (Å²) in [4.78, 5) is 39.9. The zero-order valence-electron chi connectivity index (χ0n) is 17.3. The van der Waals surface area contributed by atoms with Crippen molar-refractivity contribution in [3.8, 4) is 0 Å². The Labute approximate surface area is 161 Å². The number of Topliss-reactive ketones (excluding diaryl/α,β-unsaturated/α-hetero) is 1. The van der Waals surface area contributed by atoms with E-state index in [0.29, 0.717) is 23.4 Å². The van der Waals surface area contributed by atoms with Gasteiger partial charge >= 0.3 is 5.97 Å². The van der Waals surface area contributed by atoms with Crippen LogP contribution in [0.4, 0.5) is 0 Å². The van der Waals surface area contributed by atoms with Crippen LogP contribution in [-0.4, -0.2) is 46.8 Å². The lowest BCUT2D eigenvalue weighted by molar-refractivity contribution is -0.134. The number of ketones is 1. The normalized spacial score (nSPS) is 14.4. The van der Waals surface area contributed by atoms with Gasteiger partial charge in [-0.05, 0) is 45.6 Å². The van der Waals surface area contributed by atoms with Gasteiger partial charge in [0.2, 0.25) is 5.91 Å². The van der Waals surface area contributed by atoms with Crippen LogP contribution in [0.2, 0.25) is 0 Å². The highest BCUT2D eigenvalue weighted by atomic mass is 16.5. The molecule has 0 atom stereocenters. The monoisotopic (exact) mass is 376 g/mol. The third-order valence-electron chi connectivity index (χ3n) is 5.52. The molecule has 0 spiro atoms. The maximum Gasteiger partial charge on any atom is 0.355 e. The van der Waals surface area contributed by atoms with Crippen molar-refractivity contribution in [1.82, 2.24) is 9.47 Å². The lowest BCUT2D eigenvalue weighted by Crippen LogP contribution is -2.39. The summed E-state index contributed by atoms with van der Waals surface area (Å²) in [5.74, 6) is -0.389. The van der Waals surface area contributed by atoms with Crippen molar-refractivity contribution in [3.05, 3.63) is 22.5 Å². The van der Waals surface area contributed by atoms with E-state index in [-0.39, 0.29) is 30.8 Å². The van der Waals surface area contributed by atoms with E-state index < -0.39 is 5.97 Å². The van der Waals surface area contributed by atoms with Crippen LogP contribution in [0.15, 0.2) is 0 Å². The van der Waals surface area contributed by atoms with Crippen molar-refractivity contribution in [2.45, 2.75) is 59.8 Å². The van der Waals surface area contributed by atoms with E-state index in [9.17, 15) is 14.4 Å². The first-order valence-electron chi connectivity index (χ1n) is 9.98. The molecule has 150 valence electrons. The largest absolute Gasteiger partial charge is 0.461 e. The van der Waals surface area contributed by atoms with Crippen LogP contribution in [0.5, 0.6) is 0 Å². The van der Waals surface area contributed by atoms with Crippen LogP contribution in [-0.2, 0) is 16.6 Å². The van der Waals surface area contributed by atoms with E-state index in [1.54, 1.807) is 30.4 Å². The number of esters is 1. The summed E-state index contributed by atoms with van der Waals surface area (Å²) in [5, 5.41) is 0. The number of nitrogens with zero attached hydrogens (tertiary/aromatic N) is 2. The summed E-state index contributed by atoms with van der Waals surface area (Å²) >= 11 is 0. The zero-order chi connectivity index (χ0) is 20.1. The molecule has 1 amide bonds. The van der Waals surface area contributed by atoms with Gasteiger partial charge in [-0.25, -0.2) is 4.79 Å². The molecule has 1 fully saturated rings. The summed E-state index contributed by atoms with van der Waals surface area (Å²) in [7, 11) is 1.76. The van der Waals surface area contributed by atoms with E-state index in [4.69, 9.17) is 4.74 Å². The van der Waals surface area contributed by atoms with Gasteiger partial charge in [0.15, 0.2) is 5.78 Å². The third kappa shape index (κ3) is 4.42. The Balaban J connectivity index is 2.26. The van der Waals surface area contributed by atoms with Crippen LogP contribution in [0.3, 0.4) is 0 Å². The number of aromatic nitrogens is 1. The maximum atomic E-state index is 13.1. The molecule has 6 heteroatoms. The molecule has 0 saturated heterocycles. The fourth-order valence-corrected chi connectivity index (χ4v) is 4.10. The van der Waals surface area contributed by atoms with Gasteiger partial charge in [0.05, 0.1) is 13.2 Å². The average molecular weight is 376 g/mol. The fourth-order valence-electron chi connectivity index (χ4n) is 4.10. The van der Waals surface area contributed by atoms with Gasteiger partial charge in [-0.15, -0.1) is 0 Å². The molecule has 0 unspecified atom stereocenters. The Morgan fingerprint density at radius 2 is 1.78 bits per heavy atom. The minimum absolute atomic E-state index is 0.0532. The molecule has 27 heavy (non-hydrogen) atoms. The van der Waals surface area contributed by atoms with Gasteiger partial charge in [0.1, 0.15) is 5.69 Å². The molecule has 1 aliphatic carbocycles. The van der Waals surface area contributed by atoms with E-state index >= 15 is 0 Å². The molecule has 0 N–H and O–H groups in total. The second-order valence-electron chi connectivity index (χ2n) is 7.38. The van der Waals surface area contributed by atoms with Crippen LogP contribution >= 0.6 is 0 Å². The predicted octanol–water partition coefficient (Wildman–Crippen LogP) is 3.43. The molecule has 0 aromatic carbocycles. The number of hydrogen-bond acceptors (Lipinski definition) is 4. The lowest BCUT2D eigenvalue weighted by Gasteiger charge is -2.24. The standard InChI is InChI=1S/C21H32N2O4/c1-6-12-23(20(25)16-10-8-9-11-16)13-17(24)18-14(3)19(21(26)27-7-2)22(5)15(18)4/h16H,6-13H2,1-5H3. The Kier molecular flexibility index (Phi) is 7.22. The summed E-state index contributed by atoms with van der Waals surface area (Å²) in [6.07, 6.45) is 4.83. The molecule has 1 saturated carbocycles. The molecule has 1 aromatic rings. The first-order valence-corrected chi connectivity index (χ1v) is 9.98. The number of amides is 1. The van der Waals surface area contributed by atoms with E-state index in [1.807, 2.05) is 13.8 Å². The van der Waals surface area contributed by atoms with Crippen LogP contribution in [0.25, 0.3) is 0 Å². The quantitative estimate of drug-likeness (QED) is 0.515. The molecule has 6 nitrogen and oxygen atoms in total. The number of rotatable bonds is 8. The topological polar surface area (TPSA) is 68.6 Å². The SMILES string of the molecule is CCCN(CC(=O)c1c(C)c(C(=O)OCC)n(C)c1C)C(=O)C1CCCC1. The fraction of sp³-hybridized carbons (Fsp3) is 0.667. The van der Waals surface area contributed by atoms with Crippen molar-refractivity contribution in [1.29, 1.82) is 0 Å². The van der Waals surface area contributed by atoms with Crippen LogP contribution in [0.1, 0.15) is 78.1 Å². The smallest absolute Gasteiger partial charge is 0.355 e. The highest BCUT2D eigenvalue weighted by Crippen LogP contribution is 2.27. The summed E-state index contributed by atoms with van der Waals surface area (Å²) < 4.78 is 6.84. The molecule has 1 aromatic heterocycles. The highest BCUT2D eigenvalue weighted by Gasteiger charge is 2.30. The maximum absolute atomic E-state index is 13.1. The molecule has 0 aliphatic heterocycles. The third-order valence-corrected chi connectivity index (χ3v) is 5.52. The van der Waals surface area contributed by atoms with Crippen molar-refractivity contribution in [2.24, 2.45) is 13.0 Å². The zero-order valence-corrected chi connectivity index (χ0v) is 17.3. The second kappa shape index (κ2) is 9.20. The number of hydrogen-bond donors (Lipinski definition) is 0. The van der Waals surface area contributed by atoms with Gasteiger partial charge in [0.25, 0.3) is 0 Å². The van der Waals surface area contributed by atoms with Crippen LogP contribution in [0, 0.1) is 19.8 Å². The lowest BCUT2D eigenvalue weighted by atomic mass is 10.0. The molecular weight excluding hydrogens is 344 g/mol. The first kappa shape index (κ1) is 21.2. The molecule has 0 bridgehead atoms. The highest BCUT2D eigenvalue weighted by molar-refractivity contribution is 6.04. The Morgan fingerprint density at radius 3 is 2.33 bits per heavy atom. The molecule has 1 heterocycles. The molecule has 0 radical (unpaired) electrons. The van der Waals surface area contributed by atoms with Gasteiger partial charge in [0, 0.05) is 30.8 Å². The Bertz CT molecular complexity index is 714. The number of ether oxygens (including phenoxy) is 1. The Morgan fingerprint density at radius 1 is 1.15 bits per heavy atom. The summed E-state index contributed by atoms with van der Waals surface area (Å²) in [6, 6.07) is 0. The van der Waals surface area contributed by atoms with Gasteiger partial charge in [-0.1, -0.05) is 19.8 Å². The summed E-state index contributed by atoms with van der Waals surface area (Å²) in [5.41, 5.74) is 2.29. The van der Waals surface area contributed by atoms with E-state index in [0.717, 1.165) is 37.8 Å². The molecular formula is C21H32N2O4. The summed E-state index contributed by atoms with van der Waals surface area (Å²) in [6.45, 7) is 8.30. The van der Waals surface area contributed by atoms with Crippen LogP contribution < -0.4 is 0 Å². The predicted molar refractivity (Wildman–Crippen MR) is 104 cm³/mol. The minimum atomic E-state index is -0.424. The van der Waals surface area contributed by atoms with Gasteiger partial charge in [-0.2, -0.15) is 0 Å². The van der Waals surface area contributed by atoms with E-state index in [2.05, 4.69) is 0 Å². The van der Waals surface area contributed by atoms with Crippen molar-refractivity contribution < 1.29 is 19.1 Å². The average Bonchev–Trinajstić information content (AvgIpc) is 3.22. The second-order valence-corrected chi connectivity index (χ2v) is 7.38. The molecule has 1 aliphatic rings. The van der Waals surface area contributed by atoms with Crippen molar-refractivity contribution in [3.63, 3.8) is 0 Å².